The first kappa shape index (κ1) is 14.7. The number of aryl methyl sites for hydroxylation is 1. The van der Waals surface area contributed by atoms with Crippen LogP contribution in [0.1, 0.15) is 29.8 Å². The average molecular weight is 314 g/mol. The monoisotopic (exact) mass is 313 g/mol. The van der Waals surface area contributed by atoms with Gasteiger partial charge in [0.25, 0.3) is 5.91 Å². The number of amides is 1. The van der Waals surface area contributed by atoms with Gasteiger partial charge in [-0.3, -0.25) is 4.79 Å². The minimum absolute atomic E-state index is 0.171. The van der Waals surface area contributed by atoms with Crippen LogP contribution in [-0.2, 0) is 4.79 Å². The van der Waals surface area contributed by atoms with Crippen LogP contribution in [0, 0.1) is 12.8 Å². The van der Waals surface area contributed by atoms with Gasteiger partial charge in [-0.05, 0) is 46.5 Å². The summed E-state index contributed by atoms with van der Waals surface area (Å²) in [5.74, 6) is -1.58. The molecule has 0 aromatic heterocycles. The quantitative estimate of drug-likeness (QED) is 0.898. The Bertz CT molecular complexity index is 471. The molecule has 5 heteroatoms. The van der Waals surface area contributed by atoms with E-state index in [-0.39, 0.29) is 11.8 Å². The van der Waals surface area contributed by atoms with Crippen molar-refractivity contribution in [2.45, 2.75) is 26.8 Å². The van der Waals surface area contributed by atoms with Gasteiger partial charge >= 0.3 is 5.97 Å². The van der Waals surface area contributed by atoms with Crippen molar-refractivity contribution in [3.63, 3.8) is 0 Å². The highest BCUT2D eigenvalue weighted by atomic mass is 79.9. The van der Waals surface area contributed by atoms with Gasteiger partial charge in [0.05, 0.1) is 5.56 Å². The molecule has 0 saturated carbocycles. The molecule has 1 aromatic rings. The van der Waals surface area contributed by atoms with Crippen molar-refractivity contribution in [2.75, 3.05) is 0 Å². The maximum absolute atomic E-state index is 12.0. The largest absolute Gasteiger partial charge is 0.480 e. The summed E-state index contributed by atoms with van der Waals surface area (Å²) in [5.41, 5.74) is 1.46. The van der Waals surface area contributed by atoms with E-state index in [0.29, 0.717) is 10.0 Å². The fourth-order valence-corrected chi connectivity index (χ4v) is 2.21. The Hall–Kier alpha value is -1.36. The fourth-order valence-electron chi connectivity index (χ4n) is 1.54. The summed E-state index contributed by atoms with van der Waals surface area (Å²) in [6.07, 6.45) is 0. The number of hydrogen-bond acceptors (Lipinski definition) is 2. The van der Waals surface area contributed by atoms with Gasteiger partial charge in [-0.15, -0.1) is 0 Å². The van der Waals surface area contributed by atoms with Gasteiger partial charge in [0.15, 0.2) is 0 Å². The maximum atomic E-state index is 12.0. The molecule has 1 rings (SSSR count). The number of benzene rings is 1. The second-order valence-electron chi connectivity index (χ2n) is 4.52. The molecular weight excluding hydrogens is 298 g/mol. The summed E-state index contributed by atoms with van der Waals surface area (Å²) in [5, 5.41) is 11.6. The van der Waals surface area contributed by atoms with Crippen LogP contribution < -0.4 is 5.32 Å². The molecule has 1 aromatic carbocycles. The number of carboxylic acids is 1. The zero-order valence-corrected chi connectivity index (χ0v) is 12.1. The van der Waals surface area contributed by atoms with E-state index in [4.69, 9.17) is 5.11 Å². The molecular formula is C13H16BrNO3. The molecule has 1 atom stereocenters. The van der Waals surface area contributed by atoms with Gasteiger partial charge in [0.2, 0.25) is 0 Å². The second kappa shape index (κ2) is 6.00. The molecule has 0 bridgehead atoms. The smallest absolute Gasteiger partial charge is 0.326 e. The van der Waals surface area contributed by atoms with Crippen molar-refractivity contribution in [1.82, 2.24) is 5.32 Å². The molecule has 0 radical (unpaired) electrons. The lowest BCUT2D eigenvalue weighted by molar-refractivity contribution is -0.140. The molecule has 4 nitrogen and oxygen atoms in total. The summed E-state index contributed by atoms with van der Waals surface area (Å²) >= 11 is 3.30. The van der Waals surface area contributed by atoms with Crippen molar-refractivity contribution in [2.24, 2.45) is 5.92 Å². The van der Waals surface area contributed by atoms with E-state index < -0.39 is 12.0 Å². The lowest BCUT2D eigenvalue weighted by Crippen LogP contribution is -2.44. The lowest BCUT2D eigenvalue weighted by atomic mass is 10.0. The average Bonchev–Trinajstić information content (AvgIpc) is 2.24. The van der Waals surface area contributed by atoms with Crippen LogP contribution in [0.3, 0.4) is 0 Å². The summed E-state index contributed by atoms with van der Waals surface area (Å²) in [6, 6.07) is 4.42. The maximum Gasteiger partial charge on any atom is 0.326 e. The number of rotatable bonds is 4. The summed E-state index contributed by atoms with van der Waals surface area (Å²) in [6.45, 7) is 5.42. The number of carbonyl (C=O) groups excluding carboxylic acids is 1. The fraction of sp³-hybridized carbons (Fsp3) is 0.385. The highest BCUT2D eigenvalue weighted by Gasteiger charge is 2.24. The minimum Gasteiger partial charge on any atom is -0.480 e. The Morgan fingerprint density at radius 2 is 1.94 bits per heavy atom. The van der Waals surface area contributed by atoms with Crippen molar-refractivity contribution in [3.8, 4) is 0 Å². The third-order valence-corrected chi connectivity index (χ3v) is 3.24. The normalized spacial score (nSPS) is 12.3. The molecule has 18 heavy (non-hydrogen) atoms. The van der Waals surface area contributed by atoms with Crippen molar-refractivity contribution < 1.29 is 14.7 Å². The molecule has 0 heterocycles. The Kier molecular flexibility index (Phi) is 4.90. The van der Waals surface area contributed by atoms with Crippen LogP contribution in [0.5, 0.6) is 0 Å². The van der Waals surface area contributed by atoms with Crippen molar-refractivity contribution >= 4 is 27.8 Å². The highest BCUT2D eigenvalue weighted by molar-refractivity contribution is 9.10. The van der Waals surface area contributed by atoms with Crippen LogP contribution in [-0.4, -0.2) is 23.0 Å². The van der Waals surface area contributed by atoms with E-state index in [2.05, 4.69) is 21.2 Å². The van der Waals surface area contributed by atoms with Crippen LogP contribution in [0.2, 0.25) is 0 Å². The SMILES string of the molecule is Cc1ccc(C(=O)NC(C(=O)O)C(C)C)c(Br)c1. The first-order valence-electron chi connectivity index (χ1n) is 5.62. The Labute approximate surface area is 115 Å². The molecule has 1 unspecified atom stereocenters. The van der Waals surface area contributed by atoms with Gasteiger partial charge < -0.3 is 10.4 Å². The van der Waals surface area contributed by atoms with Crippen LogP contribution in [0.15, 0.2) is 22.7 Å². The number of carbonyl (C=O) groups is 2. The second-order valence-corrected chi connectivity index (χ2v) is 5.37. The molecule has 0 saturated heterocycles. The molecule has 0 aliphatic rings. The Balaban J connectivity index is 2.91. The Morgan fingerprint density at radius 3 is 2.39 bits per heavy atom. The van der Waals surface area contributed by atoms with E-state index in [1.165, 1.54) is 0 Å². The predicted octanol–water partition coefficient (Wildman–Crippen LogP) is 2.60. The van der Waals surface area contributed by atoms with Gasteiger partial charge in [0.1, 0.15) is 6.04 Å². The van der Waals surface area contributed by atoms with E-state index in [0.717, 1.165) is 5.56 Å². The third-order valence-electron chi connectivity index (χ3n) is 2.59. The van der Waals surface area contributed by atoms with Crippen molar-refractivity contribution in [3.05, 3.63) is 33.8 Å². The zero-order valence-electron chi connectivity index (χ0n) is 10.5. The van der Waals surface area contributed by atoms with E-state index in [1.807, 2.05) is 19.1 Å². The molecule has 0 spiro atoms. The Morgan fingerprint density at radius 1 is 1.33 bits per heavy atom. The molecule has 1 amide bonds. The number of aliphatic carboxylic acids is 1. The lowest BCUT2D eigenvalue weighted by Gasteiger charge is -2.18. The topological polar surface area (TPSA) is 66.4 Å². The molecule has 98 valence electrons. The third kappa shape index (κ3) is 3.57. The van der Waals surface area contributed by atoms with Crippen LogP contribution in [0.4, 0.5) is 0 Å². The predicted molar refractivity (Wildman–Crippen MR) is 72.6 cm³/mol. The summed E-state index contributed by atoms with van der Waals surface area (Å²) < 4.78 is 0.660. The van der Waals surface area contributed by atoms with Gasteiger partial charge in [-0.1, -0.05) is 19.9 Å². The van der Waals surface area contributed by atoms with Gasteiger partial charge in [0, 0.05) is 4.47 Å². The van der Waals surface area contributed by atoms with E-state index >= 15 is 0 Å². The van der Waals surface area contributed by atoms with Gasteiger partial charge in [-0.25, -0.2) is 4.79 Å². The summed E-state index contributed by atoms with van der Waals surface area (Å²) in [7, 11) is 0. The molecule has 2 N–H and O–H groups in total. The van der Waals surface area contributed by atoms with E-state index in [1.54, 1.807) is 19.9 Å². The van der Waals surface area contributed by atoms with Crippen LogP contribution >= 0.6 is 15.9 Å². The molecule has 0 fully saturated rings. The minimum atomic E-state index is -1.03. The number of nitrogens with one attached hydrogen (secondary N) is 1. The zero-order chi connectivity index (χ0) is 13.9. The van der Waals surface area contributed by atoms with Crippen LogP contribution in [0.25, 0.3) is 0 Å². The number of hydrogen-bond donors (Lipinski definition) is 2. The standard InChI is InChI=1S/C13H16BrNO3/c1-7(2)11(13(17)18)15-12(16)9-5-4-8(3)6-10(9)14/h4-7,11H,1-3H3,(H,15,16)(H,17,18). The van der Waals surface area contributed by atoms with Gasteiger partial charge in [-0.2, -0.15) is 0 Å². The number of carboxylic acid groups (broad SMARTS) is 1. The first-order valence-corrected chi connectivity index (χ1v) is 6.42. The summed E-state index contributed by atoms with van der Waals surface area (Å²) in [4.78, 5) is 23.0. The molecule has 0 aliphatic heterocycles. The van der Waals surface area contributed by atoms with E-state index in [9.17, 15) is 9.59 Å². The highest BCUT2D eigenvalue weighted by Crippen LogP contribution is 2.18. The number of halogens is 1. The molecule has 0 aliphatic carbocycles. The van der Waals surface area contributed by atoms with Crippen molar-refractivity contribution in [1.29, 1.82) is 0 Å². The first-order chi connectivity index (χ1) is 8.32.